The fourth-order valence-corrected chi connectivity index (χ4v) is 7.91. The van der Waals surface area contributed by atoms with Gasteiger partial charge in [0.15, 0.2) is 5.78 Å². The molecule has 3 fully saturated rings. The van der Waals surface area contributed by atoms with Crippen LogP contribution in [0, 0.1) is 29.1 Å². The Labute approximate surface area is 194 Å². The first-order chi connectivity index (χ1) is 15.6. The summed E-state index contributed by atoms with van der Waals surface area (Å²) >= 11 is 0. The van der Waals surface area contributed by atoms with Crippen LogP contribution >= 0.6 is 0 Å². The number of phenols is 1. The van der Waals surface area contributed by atoms with Crippen LogP contribution in [0.25, 0.3) is 0 Å². The monoisotopic (exact) mass is 473 g/mol. The van der Waals surface area contributed by atoms with Crippen LogP contribution in [0.3, 0.4) is 0 Å². The standard InChI is InChI=1S/C25H31NO6S/c1-25-11-10-18-17-6-3-15(27)12-14(17)2-5-19(18)21(25)7-9-23(25)32-24(29)20-13-16(33(26,30)31)4-8-22(20)28/h4,8,12-13,17-19,21,23,28H,2-3,5-7,9-11H2,1H3,(H2,26,30,31)/t17?,18?,19?,21?,23-,25-/m0/s1. The predicted octanol–water partition coefficient (Wildman–Crippen LogP) is 3.71. The van der Waals surface area contributed by atoms with E-state index in [-0.39, 0.29) is 33.5 Å². The Kier molecular flexibility index (Phi) is 5.44. The number of aromatic hydroxyl groups is 1. The summed E-state index contributed by atoms with van der Waals surface area (Å²) in [5, 5.41) is 15.3. The second-order valence-electron chi connectivity index (χ2n) is 10.5. The zero-order valence-electron chi connectivity index (χ0n) is 18.8. The SMILES string of the molecule is C[C@]12CCC3C4CCC(=O)C=C4CCC3C1CC[C@@H]2OC(=O)c1cc(S(N)(=O)=O)ccc1O. The smallest absolute Gasteiger partial charge is 0.342 e. The minimum atomic E-state index is -4.01. The molecule has 5 rings (SSSR count). The summed E-state index contributed by atoms with van der Waals surface area (Å²) in [5.41, 5.74) is 1.03. The zero-order chi connectivity index (χ0) is 23.5. The second kappa shape index (κ2) is 7.94. The summed E-state index contributed by atoms with van der Waals surface area (Å²) in [6.45, 7) is 2.22. The van der Waals surface area contributed by atoms with Crippen LogP contribution in [-0.4, -0.2) is 31.4 Å². The van der Waals surface area contributed by atoms with Crippen molar-refractivity contribution in [2.75, 3.05) is 0 Å². The molecule has 0 saturated heterocycles. The van der Waals surface area contributed by atoms with E-state index in [1.165, 1.54) is 11.6 Å². The summed E-state index contributed by atoms with van der Waals surface area (Å²) in [6.07, 6.45) is 9.08. The molecule has 0 heterocycles. The highest BCUT2D eigenvalue weighted by molar-refractivity contribution is 7.89. The Morgan fingerprint density at radius 1 is 1.12 bits per heavy atom. The Hall–Kier alpha value is -2.19. The molecule has 33 heavy (non-hydrogen) atoms. The molecule has 4 aliphatic carbocycles. The molecule has 7 nitrogen and oxygen atoms in total. The first-order valence-electron chi connectivity index (χ1n) is 11.9. The molecule has 3 saturated carbocycles. The number of nitrogens with two attached hydrogens (primary N) is 1. The van der Waals surface area contributed by atoms with E-state index in [0.29, 0.717) is 30.1 Å². The normalized spacial score (nSPS) is 35.8. The number of sulfonamides is 1. The molecule has 0 amide bonds. The van der Waals surface area contributed by atoms with Crippen LogP contribution in [0.4, 0.5) is 0 Å². The number of hydrogen-bond donors (Lipinski definition) is 2. The van der Waals surface area contributed by atoms with E-state index in [4.69, 9.17) is 9.88 Å². The number of carbonyl (C=O) groups excluding carboxylic acids is 2. The van der Waals surface area contributed by atoms with Gasteiger partial charge in [-0.05, 0) is 92.9 Å². The van der Waals surface area contributed by atoms with Gasteiger partial charge in [-0.2, -0.15) is 0 Å². The van der Waals surface area contributed by atoms with Crippen molar-refractivity contribution in [2.45, 2.75) is 69.3 Å². The largest absolute Gasteiger partial charge is 0.507 e. The number of carbonyl (C=O) groups is 2. The second-order valence-corrected chi connectivity index (χ2v) is 12.1. The van der Waals surface area contributed by atoms with Crippen molar-refractivity contribution in [3.8, 4) is 5.75 Å². The van der Waals surface area contributed by atoms with Gasteiger partial charge in [-0.1, -0.05) is 12.5 Å². The third kappa shape index (κ3) is 3.81. The number of ether oxygens (including phenoxy) is 1. The number of fused-ring (bicyclic) bond motifs is 5. The van der Waals surface area contributed by atoms with Gasteiger partial charge in [0.05, 0.1) is 4.90 Å². The van der Waals surface area contributed by atoms with E-state index >= 15 is 0 Å². The molecular formula is C25H31NO6S. The van der Waals surface area contributed by atoms with Crippen LogP contribution in [-0.2, 0) is 19.6 Å². The van der Waals surface area contributed by atoms with Crippen LogP contribution in [0.5, 0.6) is 5.75 Å². The van der Waals surface area contributed by atoms with Gasteiger partial charge in [0.2, 0.25) is 10.0 Å². The molecule has 4 unspecified atom stereocenters. The Morgan fingerprint density at radius 3 is 2.67 bits per heavy atom. The third-order valence-corrected chi connectivity index (χ3v) is 9.89. The molecule has 4 aliphatic rings. The fraction of sp³-hybridized carbons (Fsp3) is 0.600. The van der Waals surface area contributed by atoms with Crippen molar-refractivity contribution in [1.82, 2.24) is 0 Å². The lowest BCUT2D eigenvalue weighted by molar-refractivity contribution is -0.116. The van der Waals surface area contributed by atoms with Gasteiger partial charge < -0.3 is 9.84 Å². The quantitative estimate of drug-likeness (QED) is 0.645. The number of esters is 1. The van der Waals surface area contributed by atoms with Gasteiger partial charge in [0.1, 0.15) is 17.4 Å². The minimum absolute atomic E-state index is 0.143. The number of primary sulfonamides is 1. The molecule has 0 aliphatic heterocycles. The number of phenolic OH excluding ortho intramolecular Hbond substituents is 1. The molecule has 178 valence electrons. The lowest BCUT2D eigenvalue weighted by atomic mass is 9.52. The number of benzene rings is 1. The number of rotatable bonds is 3. The van der Waals surface area contributed by atoms with Gasteiger partial charge >= 0.3 is 5.97 Å². The Morgan fingerprint density at radius 2 is 1.91 bits per heavy atom. The maximum atomic E-state index is 13.0. The van der Waals surface area contributed by atoms with Gasteiger partial charge in [0, 0.05) is 11.8 Å². The maximum Gasteiger partial charge on any atom is 0.342 e. The van der Waals surface area contributed by atoms with E-state index in [0.717, 1.165) is 57.1 Å². The average Bonchev–Trinajstić information content (AvgIpc) is 3.09. The molecule has 0 aromatic heterocycles. The van der Waals surface area contributed by atoms with E-state index in [2.05, 4.69) is 6.92 Å². The predicted molar refractivity (Wildman–Crippen MR) is 121 cm³/mol. The average molecular weight is 474 g/mol. The molecule has 0 radical (unpaired) electrons. The van der Waals surface area contributed by atoms with Gasteiger partial charge in [-0.3, -0.25) is 4.79 Å². The van der Waals surface area contributed by atoms with Gasteiger partial charge in [0.25, 0.3) is 0 Å². The number of hydrogen-bond acceptors (Lipinski definition) is 6. The zero-order valence-corrected chi connectivity index (χ0v) is 19.6. The molecule has 6 atom stereocenters. The van der Waals surface area contributed by atoms with E-state index < -0.39 is 16.0 Å². The van der Waals surface area contributed by atoms with Crippen molar-refractivity contribution >= 4 is 21.8 Å². The van der Waals surface area contributed by atoms with Crippen LogP contribution in [0.15, 0.2) is 34.7 Å². The number of allylic oxidation sites excluding steroid dienone is 1. The fourth-order valence-electron chi connectivity index (χ4n) is 7.37. The molecular weight excluding hydrogens is 442 g/mol. The van der Waals surface area contributed by atoms with Gasteiger partial charge in [-0.25, -0.2) is 18.4 Å². The van der Waals surface area contributed by atoms with Crippen molar-refractivity contribution in [1.29, 1.82) is 0 Å². The third-order valence-electron chi connectivity index (χ3n) is 8.98. The highest BCUT2D eigenvalue weighted by Gasteiger charge is 2.57. The first-order valence-corrected chi connectivity index (χ1v) is 13.4. The molecule has 3 N–H and O–H groups in total. The highest BCUT2D eigenvalue weighted by atomic mass is 32.2. The molecule has 1 aromatic rings. The summed E-state index contributed by atoms with van der Waals surface area (Å²) in [7, 11) is -4.01. The molecule has 0 bridgehead atoms. The molecule has 1 aromatic carbocycles. The number of ketones is 1. The van der Waals surface area contributed by atoms with Crippen LogP contribution in [0.2, 0.25) is 0 Å². The van der Waals surface area contributed by atoms with Crippen LogP contribution in [0.1, 0.15) is 68.6 Å². The molecule has 0 spiro atoms. The first kappa shape index (κ1) is 22.6. The summed E-state index contributed by atoms with van der Waals surface area (Å²) < 4.78 is 29.3. The Balaban J connectivity index is 1.35. The lowest BCUT2D eigenvalue weighted by Gasteiger charge is -2.53. The molecule has 8 heteroatoms. The Bertz CT molecular complexity index is 1140. The topological polar surface area (TPSA) is 124 Å². The van der Waals surface area contributed by atoms with Gasteiger partial charge in [-0.15, -0.1) is 0 Å². The van der Waals surface area contributed by atoms with Crippen molar-refractivity contribution in [3.63, 3.8) is 0 Å². The summed E-state index contributed by atoms with van der Waals surface area (Å²) in [6, 6.07) is 3.40. The van der Waals surface area contributed by atoms with Crippen molar-refractivity contribution in [3.05, 3.63) is 35.4 Å². The summed E-state index contributed by atoms with van der Waals surface area (Å²) in [5.74, 6) is 1.37. The maximum absolute atomic E-state index is 13.0. The van der Waals surface area contributed by atoms with Crippen molar-refractivity contribution in [2.24, 2.45) is 34.2 Å². The van der Waals surface area contributed by atoms with Crippen molar-refractivity contribution < 1.29 is 27.9 Å². The summed E-state index contributed by atoms with van der Waals surface area (Å²) in [4.78, 5) is 24.6. The van der Waals surface area contributed by atoms with E-state index in [1.54, 1.807) is 0 Å². The lowest BCUT2D eigenvalue weighted by Crippen LogP contribution is -2.48. The van der Waals surface area contributed by atoms with E-state index in [9.17, 15) is 23.1 Å². The van der Waals surface area contributed by atoms with Crippen LogP contribution < -0.4 is 5.14 Å². The van der Waals surface area contributed by atoms with E-state index in [1.807, 2.05) is 6.08 Å². The minimum Gasteiger partial charge on any atom is -0.507 e. The highest BCUT2D eigenvalue weighted by Crippen LogP contribution is 2.62.